The third-order valence-corrected chi connectivity index (χ3v) is 4.12. The van der Waals surface area contributed by atoms with E-state index in [0.717, 1.165) is 0 Å². The van der Waals surface area contributed by atoms with Crippen LogP contribution >= 0.6 is 11.3 Å². The number of hydrogen-bond acceptors (Lipinski definition) is 5. The molecule has 0 aliphatic carbocycles. The molecule has 1 heterocycles. The number of benzene rings is 1. The second-order valence-corrected chi connectivity index (χ2v) is 7.00. The summed E-state index contributed by atoms with van der Waals surface area (Å²) in [5.74, 6) is -0.783. The normalized spacial score (nSPS) is 12.1. The first kappa shape index (κ1) is 19.0. The number of carbonyl (C=O) groups excluding carboxylic acids is 2. The van der Waals surface area contributed by atoms with Gasteiger partial charge in [-0.2, -0.15) is 0 Å². The zero-order valence-electron chi connectivity index (χ0n) is 14.3. The molecule has 0 bridgehead atoms. The molecule has 0 radical (unpaired) electrons. The van der Waals surface area contributed by atoms with Crippen LogP contribution in [0.3, 0.4) is 0 Å². The lowest BCUT2D eigenvalue weighted by Crippen LogP contribution is -2.36. The molecular weight excluding hydrogens is 343 g/mol. The molecule has 0 aliphatic heterocycles. The van der Waals surface area contributed by atoms with Crippen LogP contribution in [-0.2, 0) is 9.59 Å². The SMILES string of the molecule is CC(=O)Nc1ccc(-c2csc(NC(=O)[C@@H](N)CC(C)C)n2)c(F)c1. The Morgan fingerprint density at radius 1 is 1.32 bits per heavy atom. The summed E-state index contributed by atoms with van der Waals surface area (Å²) in [4.78, 5) is 27.3. The fraction of sp³-hybridized carbons (Fsp3) is 0.353. The monoisotopic (exact) mass is 364 g/mol. The maximum atomic E-state index is 14.2. The van der Waals surface area contributed by atoms with Crippen molar-refractivity contribution in [2.75, 3.05) is 10.6 Å². The second-order valence-electron chi connectivity index (χ2n) is 6.14. The van der Waals surface area contributed by atoms with Gasteiger partial charge in [-0.15, -0.1) is 11.3 Å². The molecule has 1 aromatic heterocycles. The summed E-state index contributed by atoms with van der Waals surface area (Å²) in [6.45, 7) is 5.33. The van der Waals surface area contributed by atoms with E-state index in [0.29, 0.717) is 28.9 Å². The lowest BCUT2D eigenvalue weighted by atomic mass is 10.0. The minimum atomic E-state index is -0.610. The van der Waals surface area contributed by atoms with Crippen molar-refractivity contribution in [3.05, 3.63) is 29.4 Å². The highest BCUT2D eigenvalue weighted by molar-refractivity contribution is 7.14. The average Bonchev–Trinajstić information content (AvgIpc) is 2.94. The Morgan fingerprint density at radius 2 is 2.04 bits per heavy atom. The van der Waals surface area contributed by atoms with Crippen LogP contribution in [0.2, 0.25) is 0 Å². The van der Waals surface area contributed by atoms with Gasteiger partial charge in [0.25, 0.3) is 0 Å². The number of nitrogens with one attached hydrogen (secondary N) is 2. The minimum absolute atomic E-state index is 0.274. The minimum Gasteiger partial charge on any atom is -0.326 e. The van der Waals surface area contributed by atoms with Gasteiger partial charge in [0, 0.05) is 23.6 Å². The number of aromatic nitrogens is 1. The van der Waals surface area contributed by atoms with Gasteiger partial charge >= 0.3 is 0 Å². The van der Waals surface area contributed by atoms with Crippen molar-refractivity contribution >= 4 is 34.0 Å². The van der Waals surface area contributed by atoms with E-state index in [9.17, 15) is 14.0 Å². The molecule has 0 fully saturated rings. The zero-order valence-corrected chi connectivity index (χ0v) is 15.1. The number of rotatable bonds is 6. The summed E-state index contributed by atoms with van der Waals surface area (Å²) < 4.78 is 14.2. The second kappa shape index (κ2) is 8.17. The molecule has 2 rings (SSSR count). The Morgan fingerprint density at radius 3 is 2.64 bits per heavy atom. The predicted octanol–water partition coefficient (Wildman–Crippen LogP) is 3.22. The van der Waals surface area contributed by atoms with Crippen LogP contribution < -0.4 is 16.4 Å². The lowest BCUT2D eigenvalue weighted by Gasteiger charge is -2.12. The average molecular weight is 364 g/mol. The third kappa shape index (κ3) is 5.33. The molecule has 0 unspecified atom stereocenters. The molecular formula is C17H21FN4O2S. The highest BCUT2D eigenvalue weighted by atomic mass is 32.1. The fourth-order valence-corrected chi connectivity index (χ4v) is 2.99. The standard InChI is InChI=1S/C17H21FN4O2S/c1-9(2)6-14(19)16(24)22-17-21-15(8-25-17)12-5-4-11(7-13(12)18)20-10(3)23/h4-5,7-9,14H,6,19H2,1-3H3,(H,20,23)(H,21,22,24)/t14-/m0/s1. The first-order valence-corrected chi connectivity index (χ1v) is 8.73. The van der Waals surface area contributed by atoms with Crippen LogP contribution in [0.25, 0.3) is 11.3 Å². The molecule has 2 amide bonds. The maximum Gasteiger partial charge on any atom is 0.243 e. The topological polar surface area (TPSA) is 97.1 Å². The Labute approximate surface area is 149 Å². The van der Waals surface area contributed by atoms with Crippen molar-refractivity contribution in [3.63, 3.8) is 0 Å². The summed E-state index contributed by atoms with van der Waals surface area (Å²) in [6, 6.07) is 3.75. The fourth-order valence-electron chi connectivity index (χ4n) is 2.27. The first-order chi connectivity index (χ1) is 11.8. The van der Waals surface area contributed by atoms with Crippen LogP contribution in [0.15, 0.2) is 23.6 Å². The van der Waals surface area contributed by atoms with Gasteiger partial charge in [0.05, 0.1) is 11.7 Å². The van der Waals surface area contributed by atoms with Crippen LogP contribution in [0.1, 0.15) is 27.2 Å². The molecule has 6 nitrogen and oxygen atoms in total. The van der Waals surface area contributed by atoms with E-state index in [1.807, 2.05) is 13.8 Å². The van der Waals surface area contributed by atoms with E-state index in [-0.39, 0.29) is 17.4 Å². The molecule has 0 saturated heterocycles. The quantitative estimate of drug-likeness (QED) is 0.733. The van der Waals surface area contributed by atoms with E-state index in [4.69, 9.17) is 5.73 Å². The highest BCUT2D eigenvalue weighted by Gasteiger charge is 2.17. The Bertz CT molecular complexity index is 776. The summed E-state index contributed by atoms with van der Waals surface area (Å²) >= 11 is 1.20. The number of thiazole rings is 1. The molecule has 8 heteroatoms. The van der Waals surface area contributed by atoms with E-state index < -0.39 is 11.9 Å². The molecule has 2 aromatic rings. The maximum absolute atomic E-state index is 14.2. The molecule has 1 aromatic carbocycles. The zero-order chi connectivity index (χ0) is 18.6. The predicted molar refractivity (Wildman–Crippen MR) is 97.9 cm³/mol. The van der Waals surface area contributed by atoms with Gasteiger partial charge in [-0.25, -0.2) is 9.37 Å². The van der Waals surface area contributed by atoms with Crippen molar-refractivity contribution in [1.82, 2.24) is 4.98 Å². The number of nitrogens with zero attached hydrogens (tertiary/aromatic N) is 1. The Kier molecular flexibility index (Phi) is 6.22. The van der Waals surface area contributed by atoms with Crippen LogP contribution in [-0.4, -0.2) is 22.8 Å². The number of hydrogen-bond donors (Lipinski definition) is 3. The van der Waals surface area contributed by atoms with Gasteiger partial charge in [0.15, 0.2) is 5.13 Å². The van der Waals surface area contributed by atoms with E-state index >= 15 is 0 Å². The van der Waals surface area contributed by atoms with E-state index in [2.05, 4.69) is 15.6 Å². The van der Waals surface area contributed by atoms with Gasteiger partial charge in [0.1, 0.15) is 5.82 Å². The first-order valence-electron chi connectivity index (χ1n) is 7.85. The van der Waals surface area contributed by atoms with Crippen molar-refractivity contribution in [1.29, 1.82) is 0 Å². The van der Waals surface area contributed by atoms with Crippen molar-refractivity contribution < 1.29 is 14.0 Å². The number of anilines is 2. The summed E-state index contributed by atoms with van der Waals surface area (Å²) in [7, 11) is 0. The summed E-state index contributed by atoms with van der Waals surface area (Å²) in [6.07, 6.45) is 0.573. The smallest absolute Gasteiger partial charge is 0.243 e. The van der Waals surface area contributed by atoms with Crippen LogP contribution in [0, 0.1) is 11.7 Å². The van der Waals surface area contributed by atoms with Gasteiger partial charge in [-0.1, -0.05) is 13.8 Å². The summed E-state index contributed by atoms with van der Waals surface area (Å²) in [5.41, 5.74) is 6.90. The Balaban J connectivity index is 2.10. The molecule has 4 N–H and O–H groups in total. The molecule has 0 saturated carbocycles. The van der Waals surface area contributed by atoms with Crippen LogP contribution in [0.5, 0.6) is 0 Å². The van der Waals surface area contributed by atoms with Gasteiger partial charge in [0.2, 0.25) is 11.8 Å². The highest BCUT2D eigenvalue weighted by Crippen LogP contribution is 2.28. The summed E-state index contributed by atoms with van der Waals surface area (Å²) in [5, 5.41) is 7.19. The third-order valence-electron chi connectivity index (χ3n) is 3.36. The van der Waals surface area contributed by atoms with E-state index in [1.165, 1.54) is 30.4 Å². The number of nitrogens with two attached hydrogens (primary N) is 1. The lowest BCUT2D eigenvalue weighted by molar-refractivity contribution is -0.117. The van der Waals surface area contributed by atoms with Crippen molar-refractivity contribution in [2.24, 2.45) is 11.7 Å². The van der Waals surface area contributed by atoms with Crippen LogP contribution in [0.4, 0.5) is 15.2 Å². The van der Waals surface area contributed by atoms with E-state index in [1.54, 1.807) is 11.4 Å². The largest absolute Gasteiger partial charge is 0.326 e. The van der Waals surface area contributed by atoms with Gasteiger partial charge in [-0.05, 0) is 30.5 Å². The molecule has 134 valence electrons. The number of halogens is 1. The van der Waals surface area contributed by atoms with Crippen molar-refractivity contribution in [3.8, 4) is 11.3 Å². The number of amides is 2. The van der Waals surface area contributed by atoms with Gasteiger partial charge < -0.3 is 16.4 Å². The molecule has 0 aliphatic rings. The van der Waals surface area contributed by atoms with Crippen molar-refractivity contribution in [2.45, 2.75) is 33.2 Å². The molecule has 1 atom stereocenters. The molecule has 0 spiro atoms. The number of carbonyl (C=O) groups is 2. The molecule has 25 heavy (non-hydrogen) atoms. The Hall–Kier alpha value is -2.32. The van der Waals surface area contributed by atoms with Gasteiger partial charge in [-0.3, -0.25) is 9.59 Å².